The Morgan fingerprint density at radius 2 is 1.75 bits per heavy atom. The van der Waals surface area contributed by atoms with E-state index in [1.165, 1.54) is 31.4 Å². The van der Waals surface area contributed by atoms with Gasteiger partial charge in [-0.05, 0) is 50.3 Å². The lowest BCUT2D eigenvalue weighted by Crippen LogP contribution is -2.38. The SMILES string of the molecule is CC(NC(C)C1CCC1)c1ccc(OC(F)(F)F)cc1. The lowest BCUT2D eigenvalue weighted by molar-refractivity contribution is -0.274. The van der Waals surface area contributed by atoms with Crippen molar-refractivity contribution in [1.29, 1.82) is 0 Å². The first kappa shape index (κ1) is 15.2. The van der Waals surface area contributed by atoms with Crippen LogP contribution in [0, 0.1) is 5.92 Å². The van der Waals surface area contributed by atoms with E-state index in [1.54, 1.807) is 12.1 Å². The molecule has 0 amide bonds. The molecule has 0 saturated heterocycles. The first-order valence-electron chi connectivity index (χ1n) is 6.97. The Hall–Kier alpha value is -1.23. The van der Waals surface area contributed by atoms with Crippen molar-refractivity contribution in [1.82, 2.24) is 5.32 Å². The predicted octanol–water partition coefficient (Wildman–Crippen LogP) is 4.42. The standard InChI is InChI=1S/C15H20F3NO/c1-10(12-4-3-5-12)19-11(2)13-6-8-14(9-7-13)20-15(16,17)18/h6-12,19H,3-5H2,1-2H3. The molecular formula is C15H20F3NO. The van der Waals surface area contributed by atoms with Gasteiger partial charge in [0.15, 0.2) is 0 Å². The van der Waals surface area contributed by atoms with Crippen molar-refractivity contribution in [3.05, 3.63) is 29.8 Å². The minimum Gasteiger partial charge on any atom is -0.406 e. The van der Waals surface area contributed by atoms with E-state index in [0.717, 1.165) is 11.5 Å². The Morgan fingerprint density at radius 3 is 2.20 bits per heavy atom. The second-order valence-corrected chi connectivity index (χ2v) is 5.48. The monoisotopic (exact) mass is 287 g/mol. The fourth-order valence-corrected chi connectivity index (χ4v) is 2.52. The number of hydrogen-bond donors (Lipinski definition) is 1. The summed E-state index contributed by atoms with van der Waals surface area (Å²) >= 11 is 0. The Balaban J connectivity index is 1.91. The first-order valence-corrected chi connectivity index (χ1v) is 6.97. The van der Waals surface area contributed by atoms with Crippen LogP contribution in [0.2, 0.25) is 0 Å². The third kappa shape index (κ3) is 4.13. The zero-order valence-electron chi connectivity index (χ0n) is 11.7. The number of rotatable bonds is 5. The molecule has 0 aliphatic heterocycles. The number of hydrogen-bond acceptors (Lipinski definition) is 2. The van der Waals surface area contributed by atoms with Crippen LogP contribution >= 0.6 is 0 Å². The summed E-state index contributed by atoms with van der Waals surface area (Å²) in [5, 5.41) is 3.50. The second kappa shape index (κ2) is 6.04. The van der Waals surface area contributed by atoms with E-state index in [4.69, 9.17) is 0 Å². The summed E-state index contributed by atoms with van der Waals surface area (Å²) in [5.74, 6) is 0.547. The molecule has 5 heteroatoms. The summed E-state index contributed by atoms with van der Waals surface area (Å²) in [6.07, 6.45) is -0.808. The largest absolute Gasteiger partial charge is 0.573 e. The molecular weight excluding hydrogens is 267 g/mol. The van der Waals surface area contributed by atoms with E-state index >= 15 is 0 Å². The summed E-state index contributed by atoms with van der Waals surface area (Å²) in [6, 6.07) is 6.61. The Kier molecular flexibility index (Phi) is 4.58. The molecule has 1 N–H and O–H groups in total. The van der Waals surface area contributed by atoms with Gasteiger partial charge >= 0.3 is 6.36 Å². The highest BCUT2D eigenvalue weighted by atomic mass is 19.4. The molecule has 2 atom stereocenters. The zero-order valence-corrected chi connectivity index (χ0v) is 11.7. The van der Waals surface area contributed by atoms with Crippen molar-refractivity contribution in [3.63, 3.8) is 0 Å². The molecule has 20 heavy (non-hydrogen) atoms. The molecule has 1 aromatic rings. The summed E-state index contributed by atoms with van der Waals surface area (Å²) < 4.78 is 40.1. The summed E-state index contributed by atoms with van der Waals surface area (Å²) in [6.45, 7) is 4.19. The Morgan fingerprint density at radius 1 is 1.15 bits per heavy atom. The minimum atomic E-state index is -4.63. The highest BCUT2D eigenvalue weighted by molar-refractivity contribution is 5.29. The molecule has 1 saturated carbocycles. The quantitative estimate of drug-likeness (QED) is 0.865. The Labute approximate surface area is 117 Å². The van der Waals surface area contributed by atoms with Crippen molar-refractivity contribution in [3.8, 4) is 5.75 Å². The molecule has 0 spiro atoms. The van der Waals surface area contributed by atoms with Crippen LogP contribution in [-0.4, -0.2) is 12.4 Å². The molecule has 1 aliphatic carbocycles. The van der Waals surface area contributed by atoms with Crippen molar-refractivity contribution in [2.24, 2.45) is 5.92 Å². The lowest BCUT2D eigenvalue weighted by atomic mass is 9.80. The smallest absolute Gasteiger partial charge is 0.406 e. The van der Waals surface area contributed by atoms with E-state index in [2.05, 4.69) is 17.0 Å². The maximum absolute atomic E-state index is 12.1. The van der Waals surface area contributed by atoms with Gasteiger partial charge in [0.05, 0.1) is 0 Å². The fourth-order valence-electron chi connectivity index (χ4n) is 2.52. The highest BCUT2D eigenvalue weighted by Gasteiger charge is 2.31. The maximum Gasteiger partial charge on any atom is 0.573 e. The zero-order chi connectivity index (χ0) is 14.8. The van der Waals surface area contributed by atoms with Gasteiger partial charge in [-0.25, -0.2) is 0 Å². The average Bonchev–Trinajstić information content (AvgIpc) is 2.24. The van der Waals surface area contributed by atoms with Crippen LogP contribution in [0.3, 0.4) is 0 Å². The number of ether oxygens (including phenoxy) is 1. The highest BCUT2D eigenvalue weighted by Crippen LogP contribution is 2.31. The van der Waals surface area contributed by atoms with Crippen molar-refractivity contribution in [2.75, 3.05) is 0 Å². The lowest BCUT2D eigenvalue weighted by Gasteiger charge is -2.34. The van der Waals surface area contributed by atoms with Crippen LogP contribution in [0.15, 0.2) is 24.3 Å². The first-order chi connectivity index (χ1) is 9.35. The van der Waals surface area contributed by atoms with E-state index in [9.17, 15) is 13.2 Å². The van der Waals surface area contributed by atoms with Crippen LogP contribution in [0.5, 0.6) is 5.75 Å². The summed E-state index contributed by atoms with van der Waals surface area (Å²) in [5.41, 5.74) is 0.964. The molecule has 0 radical (unpaired) electrons. The molecule has 0 bridgehead atoms. The van der Waals surface area contributed by atoms with Gasteiger partial charge in [-0.3, -0.25) is 0 Å². The van der Waals surface area contributed by atoms with Gasteiger partial charge in [-0.1, -0.05) is 18.6 Å². The van der Waals surface area contributed by atoms with Crippen LogP contribution < -0.4 is 10.1 Å². The summed E-state index contributed by atoms with van der Waals surface area (Å²) in [7, 11) is 0. The van der Waals surface area contributed by atoms with Crippen molar-refractivity contribution < 1.29 is 17.9 Å². The molecule has 1 aromatic carbocycles. The van der Waals surface area contributed by atoms with Gasteiger partial charge < -0.3 is 10.1 Å². The number of halogens is 3. The minimum absolute atomic E-state index is 0.116. The van der Waals surface area contributed by atoms with Crippen LogP contribution in [0.1, 0.15) is 44.7 Å². The van der Waals surface area contributed by atoms with Gasteiger partial charge in [0.1, 0.15) is 5.75 Å². The predicted molar refractivity (Wildman–Crippen MR) is 71.5 cm³/mol. The molecule has 1 fully saturated rings. The van der Waals surface area contributed by atoms with Crippen molar-refractivity contribution >= 4 is 0 Å². The van der Waals surface area contributed by atoms with E-state index in [1.807, 2.05) is 6.92 Å². The third-order valence-corrected chi connectivity index (χ3v) is 3.98. The molecule has 112 valence electrons. The molecule has 1 aliphatic rings. The molecule has 0 aromatic heterocycles. The summed E-state index contributed by atoms with van der Waals surface area (Å²) in [4.78, 5) is 0. The number of nitrogens with one attached hydrogen (secondary N) is 1. The number of benzene rings is 1. The van der Waals surface area contributed by atoms with Gasteiger partial charge in [0, 0.05) is 12.1 Å². The van der Waals surface area contributed by atoms with Gasteiger partial charge in [-0.2, -0.15) is 0 Å². The van der Waals surface area contributed by atoms with Crippen LogP contribution in [-0.2, 0) is 0 Å². The van der Waals surface area contributed by atoms with Gasteiger partial charge in [-0.15, -0.1) is 13.2 Å². The van der Waals surface area contributed by atoms with E-state index in [0.29, 0.717) is 6.04 Å². The van der Waals surface area contributed by atoms with Gasteiger partial charge in [0.2, 0.25) is 0 Å². The van der Waals surface area contributed by atoms with Crippen LogP contribution in [0.25, 0.3) is 0 Å². The molecule has 2 unspecified atom stereocenters. The van der Waals surface area contributed by atoms with E-state index < -0.39 is 6.36 Å². The molecule has 2 nitrogen and oxygen atoms in total. The normalized spacial score (nSPS) is 19.2. The molecule has 2 rings (SSSR count). The topological polar surface area (TPSA) is 21.3 Å². The van der Waals surface area contributed by atoms with E-state index in [-0.39, 0.29) is 11.8 Å². The van der Waals surface area contributed by atoms with Crippen molar-refractivity contribution in [2.45, 2.75) is 51.6 Å². The molecule has 0 heterocycles. The Bertz CT molecular complexity index is 426. The van der Waals surface area contributed by atoms with Crippen LogP contribution in [0.4, 0.5) is 13.2 Å². The second-order valence-electron chi connectivity index (χ2n) is 5.48. The third-order valence-electron chi connectivity index (χ3n) is 3.98. The average molecular weight is 287 g/mol. The van der Waals surface area contributed by atoms with Gasteiger partial charge in [0.25, 0.3) is 0 Å². The fraction of sp³-hybridized carbons (Fsp3) is 0.600. The maximum atomic E-state index is 12.1. The number of alkyl halides is 3.